The summed E-state index contributed by atoms with van der Waals surface area (Å²) in [4.78, 5) is 6.65. The first-order valence-corrected chi connectivity index (χ1v) is 5.67. The molecule has 15 heavy (non-hydrogen) atoms. The first kappa shape index (κ1) is 10.4. The van der Waals surface area contributed by atoms with E-state index in [2.05, 4.69) is 28.9 Å². The zero-order valence-electron chi connectivity index (χ0n) is 9.19. The standard InChI is InChI=1S/C12H18N2O/c1-2-10-5-6-12(13-8-10)14-7-3-4-11(14)9-15/h5-6,8,11,15H,2-4,7,9H2,1H3/t11-/m0/s1. The molecule has 0 aromatic carbocycles. The maximum absolute atomic E-state index is 9.23. The van der Waals surface area contributed by atoms with E-state index in [0.717, 1.165) is 31.6 Å². The maximum Gasteiger partial charge on any atom is 0.128 e. The molecule has 2 heterocycles. The van der Waals surface area contributed by atoms with Crippen LogP contribution in [0.4, 0.5) is 5.82 Å². The van der Waals surface area contributed by atoms with Gasteiger partial charge in [0.1, 0.15) is 5.82 Å². The van der Waals surface area contributed by atoms with E-state index in [1.807, 2.05) is 6.20 Å². The van der Waals surface area contributed by atoms with E-state index in [1.54, 1.807) is 0 Å². The second-order valence-corrected chi connectivity index (χ2v) is 4.05. The van der Waals surface area contributed by atoms with E-state index in [0.29, 0.717) is 0 Å². The monoisotopic (exact) mass is 206 g/mol. The summed E-state index contributed by atoms with van der Waals surface area (Å²) in [5, 5.41) is 9.23. The summed E-state index contributed by atoms with van der Waals surface area (Å²) >= 11 is 0. The highest BCUT2D eigenvalue weighted by Gasteiger charge is 2.24. The second kappa shape index (κ2) is 4.62. The number of rotatable bonds is 3. The third kappa shape index (κ3) is 2.12. The Balaban J connectivity index is 2.14. The molecule has 2 rings (SSSR count). The minimum absolute atomic E-state index is 0.233. The number of hydrogen-bond acceptors (Lipinski definition) is 3. The molecule has 1 aliphatic heterocycles. The van der Waals surface area contributed by atoms with E-state index in [1.165, 1.54) is 5.56 Å². The molecule has 1 aromatic rings. The molecule has 0 radical (unpaired) electrons. The van der Waals surface area contributed by atoms with Gasteiger partial charge in [-0.2, -0.15) is 0 Å². The first-order valence-electron chi connectivity index (χ1n) is 5.67. The molecule has 3 nitrogen and oxygen atoms in total. The Morgan fingerprint density at radius 2 is 2.40 bits per heavy atom. The van der Waals surface area contributed by atoms with Crippen molar-refractivity contribution in [2.24, 2.45) is 0 Å². The molecule has 0 unspecified atom stereocenters. The number of aromatic nitrogens is 1. The van der Waals surface area contributed by atoms with Gasteiger partial charge in [-0.3, -0.25) is 0 Å². The van der Waals surface area contributed by atoms with Crippen molar-refractivity contribution >= 4 is 5.82 Å². The number of anilines is 1. The van der Waals surface area contributed by atoms with Crippen LogP contribution in [0.5, 0.6) is 0 Å². The smallest absolute Gasteiger partial charge is 0.128 e. The van der Waals surface area contributed by atoms with Gasteiger partial charge >= 0.3 is 0 Å². The van der Waals surface area contributed by atoms with Crippen molar-refractivity contribution in [3.05, 3.63) is 23.9 Å². The number of aliphatic hydroxyl groups excluding tert-OH is 1. The van der Waals surface area contributed by atoms with Crippen molar-refractivity contribution < 1.29 is 5.11 Å². The highest BCUT2D eigenvalue weighted by molar-refractivity contribution is 5.41. The van der Waals surface area contributed by atoms with Gasteiger partial charge in [0.15, 0.2) is 0 Å². The van der Waals surface area contributed by atoms with Gasteiger partial charge in [0, 0.05) is 12.7 Å². The number of aryl methyl sites for hydroxylation is 1. The van der Waals surface area contributed by atoms with Crippen LogP contribution in [0.2, 0.25) is 0 Å². The zero-order valence-corrected chi connectivity index (χ0v) is 9.19. The topological polar surface area (TPSA) is 36.4 Å². The van der Waals surface area contributed by atoms with Crippen LogP contribution >= 0.6 is 0 Å². The van der Waals surface area contributed by atoms with E-state index in [9.17, 15) is 5.11 Å². The second-order valence-electron chi connectivity index (χ2n) is 4.05. The van der Waals surface area contributed by atoms with Crippen LogP contribution in [-0.4, -0.2) is 29.3 Å². The molecule has 1 atom stereocenters. The summed E-state index contributed by atoms with van der Waals surface area (Å²) in [6.45, 7) is 3.38. The van der Waals surface area contributed by atoms with Gasteiger partial charge in [-0.1, -0.05) is 13.0 Å². The van der Waals surface area contributed by atoms with Gasteiger partial charge in [-0.25, -0.2) is 4.98 Å². The molecule has 0 bridgehead atoms. The fourth-order valence-electron chi connectivity index (χ4n) is 2.12. The Morgan fingerprint density at radius 3 is 3.00 bits per heavy atom. The number of aliphatic hydroxyl groups is 1. The lowest BCUT2D eigenvalue weighted by atomic mass is 10.2. The Kier molecular flexibility index (Phi) is 3.21. The van der Waals surface area contributed by atoms with E-state index >= 15 is 0 Å². The Bertz CT molecular complexity index is 310. The van der Waals surface area contributed by atoms with Gasteiger partial charge < -0.3 is 10.0 Å². The molecule has 0 aliphatic carbocycles. The van der Waals surface area contributed by atoms with E-state index < -0.39 is 0 Å². The Morgan fingerprint density at radius 1 is 1.53 bits per heavy atom. The van der Waals surface area contributed by atoms with Crippen LogP contribution < -0.4 is 4.90 Å². The lowest BCUT2D eigenvalue weighted by Gasteiger charge is -2.24. The van der Waals surface area contributed by atoms with Crippen LogP contribution in [0.25, 0.3) is 0 Å². The predicted molar refractivity (Wildman–Crippen MR) is 61.1 cm³/mol. The molecule has 0 spiro atoms. The first-order chi connectivity index (χ1) is 7.35. The molecule has 1 fully saturated rings. The van der Waals surface area contributed by atoms with Crippen LogP contribution in [0.1, 0.15) is 25.3 Å². The van der Waals surface area contributed by atoms with Crippen LogP contribution in [-0.2, 0) is 6.42 Å². The van der Waals surface area contributed by atoms with Gasteiger partial charge in [-0.15, -0.1) is 0 Å². The average molecular weight is 206 g/mol. The largest absolute Gasteiger partial charge is 0.394 e. The van der Waals surface area contributed by atoms with Crippen molar-refractivity contribution in [3.8, 4) is 0 Å². The Hall–Kier alpha value is -1.09. The fourth-order valence-corrected chi connectivity index (χ4v) is 2.12. The van der Waals surface area contributed by atoms with Gasteiger partial charge in [-0.05, 0) is 30.9 Å². The summed E-state index contributed by atoms with van der Waals surface area (Å²) in [6.07, 6.45) is 5.19. The maximum atomic E-state index is 9.23. The van der Waals surface area contributed by atoms with Crippen LogP contribution in [0, 0.1) is 0 Å². The zero-order chi connectivity index (χ0) is 10.7. The molecule has 82 valence electrons. The molecular formula is C12H18N2O. The summed E-state index contributed by atoms with van der Waals surface area (Å²) < 4.78 is 0. The number of pyridine rings is 1. The minimum atomic E-state index is 0.233. The van der Waals surface area contributed by atoms with Crippen LogP contribution in [0.3, 0.4) is 0 Å². The third-order valence-electron chi connectivity index (χ3n) is 3.10. The van der Waals surface area contributed by atoms with Crippen molar-refractivity contribution in [2.75, 3.05) is 18.1 Å². The summed E-state index contributed by atoms with van der Waals surface area (Å²) in [7, 11) is 0. The fraction of sp³-hybridized carbons (Fsp3) is 0.583. The van der Waals surface area contributed by atoms with Crippen molar-refractivity contribution in [1.82, 2.24) is 4.98 Å². The van der Waals surface area contributed by atoms with Crippen LogP contribution in [0.15, 0.2) is 18.3 Å². The van der Waals surface area contributed by atoms with Crippen molar-refractivity contribution in [3.63, 3.8) is 0 Å². The predicted octanol–water partition coefficient (Wildman–Crippen LogP) is 1.61. The highest BCUT2D eigenvalue weighted by Crippen LogP contribution is 2.23. The summed E-state index contributed by atoms with van der Waals surface area (Å²) in [6, 6.07) is 4.45. The molecule has 1 aromatic heterocycles. The molecule has 1 aliphatic rings. The van der Waals surface area contributed by atoms with Gasteiger partial charge in [0.05, 0.1) is 12.6 Å². The quantitative estimate of drug-likeness (QED) is 0.816. The molecule has 0 amide bonds. The molecule has 1 saturated heterocycles. The SMILES string of the molecule is CCc1ccc(N2CCC[C@H]2CO)nc1. The molecule has 0 saturated carbocycles. The average Bonchev–Trinajstić information content (AvgIpc) is 2.77. The summed E-state index contributed by atoms with van der Waals surface area (Å²) in [5.74, 6) is 1.00. The molecular weight excluding hydrogens is 188 g/mol. The van der Waals surface area contributed by atoms with E-state index in [-0.39, 0.29) is 12.6 Å². The lowest BCUT2D eigenvalue weighted by Crippen LogP contribution is -2.32. The number of hydrogen-bond donors (Lipinski definition) is 1. The van der Waals surface area contributed by atoms with Gasteiger partial charge in [0.2, 0.25) is 0 Å². The van der Waals surface area contributed by atoms with Crippen molar-refractivity contribution in [1.29, 1.82) is 0 Å². The summed E-state index contributed by atoms with van der Waals surface area (Å²) in [5.41, 5.74) is 1.26. The normalized spacial score (nSPS) is 20.9. The lowest BCUT2D eigenvalue weighted by molar-refractivity contribution is 0.266. The molecule has 1 N–H and O–H groups in total. The van der Waals surface area contributed by atoms with Crippen molar-refractivity contribution in [2.45, 2.75) is 32.2 Å². The minimum Gasteiger partial charge on any atom is -0.394 e. The number of nitrogens with zero attached hydrogens (tertiary/aromatic N) is 2. The third-order valence-corrected chi connectivity index (χ3v) is 3.10. The molecule has 3 heteroatoms. The highest BCUT2D eigenvalue weighted by atomic mass is 16.3. The van der Waals surface area contributed by atoms with E-state index in [4.69, 9.17) is 0 Å². The van der Waals surface area contributed by atoms with Gasteiger partial charge in [0.25, 0.3) is 0 Å². The Labute approximate surface area is 90.8 Å².